The summed E-state index contributed by atoms with van der Waals surface area (Å²) in [7, 11) is -4.50. The van der Waals surface area contributed by atoms with Gasteiger partial charge in [0.05, 0.1) is 17.4 Å². The third-order valence-electron chi connectivity index (χ3n) is 6.66. The average Bonchev–Trinajstić information content (AvgIpc) is 3.20. The SMILES string of the molecule is CCn1cc(S(=O)(=O)N2c3cc(N(C(=O)O)C(C)(C)C(F)(F)F)ccc3O[C@@H](CC(C)(C)C=O)[C@H]2C)c(Cl)n1. The van der Waals surface area contributed by atoms with Crippen molar-refractivity contribution >= 4 is 45.4 Å². The average molecular weight is 595 g/mol. The van der Waals surface area contributed by atoms with Crippen molar-refractivity contribution in [2.24, 2.45) is 5.41 Å². The maximum Gasteiger partial charge on any atom is 0.412 e. The van der Waals surface area contributed by atoms with Crippen molar-refractivity contribution in [3.8, 4) is 5.75 Å². The van der Waals surface area contributed by atoms with Crippen LogP contribution in [-0.4, -0.2) is 59.5 Å². The molecule has 0 spiro atoms. The van der Waals surface area contributed by atoms with Crippen molar-refractivity contribution in [2.45, 2.75) is 83.3 Å². The number of carboxylic acid groups (broad SMARTS) is 1. The van der Waals surface area contributed by atoms with Crippen LogP contribution in [0.2, 0.25) is 5.15 Å². The molecule has 0 saturated carbocycles. The standard InChI is InChI=1S/C24H30ClF3N4O6S/c1-7-30-12-19(20(25)29-30)39(36,37)32-14(2)18(11-22(3,4)13-33)38-17-9-8-15(10-16(17)32)31(21(34)35)23(5,6)24(26,27)28/h8-10,12-14,18H,7,11H2,1-6H3,(H,34,35)/t14-,18+/m1/s1. The van der Waals surface area contributed by atoms with Crippen molar-refractivity contribution in [1.82, 2.24) is 9.78 Å². The lowest BCUT2D eigenvalue weighted by atomic mass is 9.86. The van der Waals surface area contributed by atoms with Crippen LogP contribution >= 0.6 is 11.6 Å². The van der Waals surface area contributed by atoms with Gasteiger partial charge in [-0.05, 0) is 52.3 Å². The molecule has 15 heteroatoms. The largest absolute Gasteiger partial charge is 0.486 e. The molecule has 2 atom stereocenters. The first kappa shape index (κ1) is 30.5. The quantitative estimate of drug-likeness (QED) is 0.409. The number of ether oxygens (including phenoxy) is 1. The van der Waals surface area contributed by atoms with Gasteiger partial charge in [0.1, 0.15) is 28.6 Å². The molecule has 1 amide bonds. The fraction of sp³-hybridized carbons (Fsp3) is 0.542. The predicted molar refractivity (Wildman–Crippen MR) is 138 cm³/mol. The van der Waals surface area contributed by atoms with Crippen LogP contribution in [0.4, 0.5) is 29.3 Å². The molecule has 0 bridgehead atoms. The summed E-state index contributed by atoms with van der Waals surface area (Å²) in [5.41, 5.74) is -4.38. The van der Waals surface area contributed by atoms with E-state index >= 15 is 0 Å². The number of aryl methyl sites for hydroxylation is 1. The maximum absolute atomic E-state index is 14.0. The molecule has 0 unspecified atom stereocenters. The van der Waals surface area contributed by atoms with Crippen LogP contribution in [-0.2, 0) is 21.4 Å². The summed E-state index contributed by atoms with van der Waals surface area (Å²) < 4.78 is 77.9. The maximum atomic E-state index is 14.0. The first-order valence-corrected chi connectivity index (χ1v) is 13.7. The van der Waals surface area contributed by atoms with Crippen LogP contribution < -0.4 is 13.9 Å². The number of aldehydes is 1. The van der Waals surface area contributed by atoms with Gasteiger partial charge in [-0.1, -0.05) is 25.4 Å². The van der Waals surface area contributed by atoms with Gasteiger partial charge in [0.2, 0.25) is 0 Å². The number of anilines is 2. The number of benzene rings is 1. The van der Waals surface area contributed by atoms with Crippen molar-refractivity contribution in [3.63, 3.8) is 0 Å². The topological polar surface area (TPSA) is 122 Å². The number of carbonyl (C=O) groups is 2. The van der Waals surface area contributed by atoms with Crippen LogP contribution in [0, 0.1) is 5.41 Å². The summed E-state index contributed by atoms with van der Waals surface area (Å²) in [6.45, 7) is 8.25. The van der Waals surface area contributed by atoms with E-state index in [0.717, 1.165) is 16.4 Å². The summed E-state index contributed by atoms with van der Waals surface area (Å²) in [6, 6.07) is 2.35. The Kier molecular flexibility index (Phi) is 7.98. The molecule has 1 N–H and O–H groups in total. The predicted octanol–water partition coefficient (Wildman–Crippen LogP) is 5.34. The smallest absolute Gasteiger partial charge is 0.412 e. The van der Waals surface area contributed by atoms with E-state index in [1.54, 1.807) is 20.8 Å². The highest BCUT2D eigenvalue weighted by atomic mass is 35.5. The molecule has 1 aliphatic rings. The normalized spacial score (nSPS) is 18.4. The van der Waals surface area contributed by atoms with Crippen molar-refractivity contribution in [3.05, 3.63) is 29.5 Å². The lowest BCUT2D eigenvalue weighted by Gasteiger charge is -2.43. The zero-order valence-electron chi connectivity index (χ0n) is 22.2. The second-order valence-corrected chi connectivity index (χ2v) is 12.6. The molecule has 0 fully saturated rings. The Morgan fingerprint density at radius 1 is 1.26 bits per heavy atom. The number of alkyl halides is 3. The highest BCUT2D eigenvalue weighted by Crippen LogP contribution is 2.46. The van der Waals surface area contributed by atoms with Gasteiger partial charge in [0.15, 0.2) is 5.15 Å². The van der Waals surface area contributed by atoms with E-state index < -0.39 is 51.1 Å². The van der Waals surface area contributed by atoms with Crippen LogP contribution in [0.15, 0.2) is 29.3 Å². The number of fused-ring (bicyclic) bond motifs is 1. The molecule has 2 aromatic rings. The lowest BCUT2D eigenvalue weighted by molar-refractivity contribution is -0.175. The number of sulfonamides is 1. The van der Waals surface area contributed by atoms with Crippen LogP contribution in [0.25, 0.3) is 0 Å². The molecule has 3 rings (SSSR count). The summed E-state index contributed by atoms with van der Waals surface area (Å²) in [6.07, 6.45) is -5.65. The monoisotopic (exact) mass is 594 g/mol. The molecule has 10 nitrogen and oxygen atoms in total. The Hall–Kier alpha value is -3.00. The van der Waals surface area contributed by atoms with Gasteiger partial charge >= 0.3 is 12.3 Å². The zero-order chi connectivity index (χ0) is 29.7. The number of nitrogens with zero attached hydrogens (tertiary/aromatic N) is 4. The zero-order valence-corrected chi connectivity index (χ0v) is 23.7. The van der Waals surface area contributed by atoms with Crippen LogP contribution in [0.5, 0.6) is 5.75 Å². The Morgan fingerprint density at radius 2 is 1.87 bits per heavy atom. The van der Waals surface area contributed by atoms with Crippen molar-refractivity contribution in [1.29, 1.82) is 0 Å². The number of rotatable bonds is 8. The minimum Gasteiger partial charge on any atom is -0.486 e. The fourth-order valence-electron chi connectivity index (χ4n) is 4.30. The third-order valence-corrected chi connectivity index (χ3v) is 8.95. The van der Waals surface area contributed by atoms with E-state index in [2.05, 4.69) is 5.10 Å². The Balaban J connectivity index is 2.27. The molecule has 0 radical (unpaired) electrons. The van der Waals surface area contributed by atoms with Crippen LogP contribution in [0.3, 0.4) is 0 Å². The van der Waals surface area contributed by atoms with Gasteiger partial charge in [0.25, 0.3) is 10.0 Å². The molecular formula is C24H30ClF3N4O6S. The van der Waals surface area contributed by atoms with Gasteiger partial charge < -0.3 is 14.6 Å². The second kappa shape index (κ2) is 10.2. The Morgan fingerprint density at radius 3 is 2.36 bits per heavy atom. The first-order valence-electron chi connectivity index (χ1n) is 11.9. The highest BCUT2D eigenvalue weighted by Gasteiger charge is 2.54. The first-order chi connectivity index (χ1) is 17.8. The minimum atomic E-state index is -4.95. The molecular weight excluding hydrogens is 565 g/mol. The number of halogens is 4. The minimum absolute atomic E-state index is 0.0266. The van der Waals surface area contributed by atoms with Crippen LogP contribution in [0.1, 0.15) is 48.0 Å². The van der Waals surface area contributed by atoms with Crippen molar-refractivity contribution < 1.29 is 41.0 Å². The molecule has 0 aliphatic carbocycles. The lowest BCUT2D eigenvalue weighted by Crippen LogP contribution is -2.57. The summed E-state index contributed by atoms with van der Waals surface area (Å²) in [5, 5.41) is 13.4. The molecule has 1 aliphatic heterocycles. The summed E-state index contributed by atoms with van der Waals surface area (Å²) in [4.78, 5) is 23.4. The second-order valence-electron chi connectivity index (χ2n) is 10.5. The highest BCUT2D eigenvalue weighted by molar-refractivity contribution is 7.93. The van der Waals surface area contributed by atoms with E-state index in [9.17, 15) is 36.3 Å². The molecule has 1 aromatic carbocycles. The Bertz CT molecular complexity index is 1380. The van der Waals surface area contributed by atoms with Gasteiger partial charge in [-0.2, -0.15) is 18.3 Å². The number of hydrogen-bond donors (Lipinski definition) is 1. The van der Waals surface area contributed by atoms with E-state index in [1.807, 2.05) is 0 Å². The number of aromatic nitrogens is 2. The third kappa shape index (κ3) is 5.53. The van der Waals surface area contributed by atoms with Gasteiger partial charge in [0, 0.05) is 18.2 Å². The fourth-order valence-corrected chi connectivity index (χ4v) is 6.43. The Labute approximate surface area is 229 Å². The van der Waals surface area contributed by atoms with E-state index in [4.69, 9.17) is 16.3 Å². The van der Waals surface area contributed by atoms with Gasteiger partial charge in [-0.25, -0.2) is 13.2 Å². The molecule has 216 valence electrons. The molecule has 2 heterocycles. The van der Waals surface area contributed by atoms with Gasteiger partial charge in [-0.3, -0.25) is 13.9 Å². The number of carbonyl (C=O) groups excluding carboxylic acids is 1. The molecule has 0 saturated heterocycles. The van der Waals surface area contributed by atoms with Crippen molar-refractivity contribution in [2.75, 3.05) is 9.21 Å². The number of hydrogen-bond acceptors (Lipinski definition) is 6. The van der Waals surface area contributed by atoms with E-state index in [-0.39, 0.29) is 32.8 Å². The molecule has 1 aromatic heterocycles. The van der Waals surface area contributed by atoms with E-state index in [0.29, 0.717) is 26.7 Å². The summed E-state index contributed by atoms with van der Waals surface area (Å²) in [5.74, 6) is -0.0266. The van der Waals surface area contributed by atoms with E-state index in [1.165, 1.54) is 23.9 Å². The number of amides is 1. The summed E-state index contributed by atoms with van der Waals surface area (Å²) >= 11 is 6.17. The van der Waals surface area contributed by atoms with Gasteiger partial charge in [-0.15, -0.1) is 0 Å². The molecule has 39 heavy (non-hydrogen) atoms.